The average Bonchev–Trinajstić information content (AvgIpc) is 2.72. The van der Waals surface area contributed by atoms with E-state index in [1.165, 1.54) is 0 Å². The number of carbonyl (C=O) groups is 1. The summed E-state index contributed by atoms with van der Waals surface area (Å²) in [4.78, 5) is 12.0. The van der Waals surface area contributed by atoms with Gasteiger partial charge in [0.15, 0.2) is 5.78 Å². The highest BCUT2D eigenvalue weighted by molar-refractivity contribution is 14.1. The molecular weight excluding hydrogens is 325 g/mol. The highest BCUT2D eigenvalue weighted by atomic mass is 127. The fraction of sp³-hybridized carbons (Fsp3) is 0.0714. The maximum atomic E-state index is 12.0. The number of aromatic nitrogens is 1. The second kappa shape index (κ2) is 5.31. The van der Waals surface area contributed by atoms with Gasteiger partial charge in [-0.1, -0.05) is 12.1 Å². The molecular formula is C14H12INO. The van der Waals surface area contributed by atoms with E-state index >= 15 is 0 Å². The average molecular weight is 337 g/mol. The minimum absolute atomic E-state index is 0.0381. The SMILES string of the molecule is Cn1cccc1/C=C/C(=O)c1ccccc1I. The van der Waals surface area contributed by atoms with Crippen LogP contribution in [-0.4, -0.2) is 10.4 Å². The zero-order valence-corrected chi connectivity index (χ0v) is 11.6. The molecule has 0 aliphatic heterocycles. The van der Waals surface area contributed by atoms with Crippen LogP contribution in [0.25, 0.3) is 6.08 Å². The smallest absolute Gasteiger partial charge is 0.186 e. The van der Waals surface area contributed by atoms with E-state index in [9.17, 15) is 4.79 Å². The van der Waals surface area contributed by atoms with Crippen molar-refractivity contribution >= 4 is 34.5 Å². The molecule has 0 fully saturated rings. The molecule has 1 aromatic carbocycles. The lowest BCUT2D eigenvalue weighted by molar-refractivity contribution is 0.104. The van der Waals surface area contributed by atoms with E-state index in [0.29, 0.717) is 0 Å². The number of benzene rings is 1. The molecule has 86 valence electrons. The van der Waals surface area contributed by atoms with E-state index in [2.05, 4.69) is 22.6 Å². The van der Waals surface area contributed by atoms with Crippen molar-refractivity contribution < 1.29 is 4.79 Å². The summed E-state index contributed by atoms with van der Waals surface area (Å²) in [7, 11) is 1.95. The van der Waals surface area contributed by atoms with Gasteiger partial charge in [-0.25, -0.2) is 0 Å². The lowest BCUT2D eigenvalue weighted by atomic mass is 10.1. The molecule has 0 aliphatic carbocycles. The van der Waals surface area contributed by atoms with Gasteiger partial charge in [0.25, 0.3) is 0 Å². The molecule has 1 aromatic heterocycles. The van der Waals surface area contributed by atoms with Crippen molar-refractivity contribution in [3.8, 4) is 0 Å². The van der Waals surface area contributed by atoms with Gasteiger partial charge in [0.2, 0.25) is 0 Å². The zero-order chi connectivity index (χ0) is 12.3. The Balaban J connectivity index is 2.21. The number of halogens is 1. The number of hydrogen-bond donors (Lipinski definition) is 0. The molecule has 0 saturated carbocycles. The number of ketones is 1. The molecule has 3 heteroatoms. The second-order valence-corrected chi connectivity index (χ2v) is 4.88. The fourth-order valence-electron chi connectivity index (χ4n) is 1.56. The van der Waals surface area contributed by atoms with Crippen LogP contribution in [0.4, 0.5) is 0 Å². The van der Waals surface area contributed by atoms with Crippen LogP contribution < -0.4 is 0 Å². The Labute approximate surface area is 114 Å². The summed E-state index contributed by atoms with van der Waals surface area (Å²) in [5.74, 6) is 0.0381. The molecule has 0 spiro atoms. The summed E-state index contributed by atoms with van der Waals surface area (Å²) in [5, 5.41) is 0. The molecule has 0 unspecified atom stereocenters. The number of aryl methyl sites for hydroxylation is 1. The Bertz CT molecular complexity index is 569. The van der Waals surface area contributed by atoms with Gasteiger partial charge in [0, 0.05) is 28.1 Å². The summed E-state index contributed by atoms with van der Waals surface area (Å²) in [5.41, 5.74) is 1.77. The second-order valence-electron chi connectivity index (χ2n) is 3.72. The molecule has 2 aromatic rings. The molecule has 0 saturated heterocycles. The van der Waals surface area contributed by atoms with E-state index in [-0.39, 0.29) is 5.78 Å². The molecule has 2 rings (SSSR count). The molecule has 0 aliphatic rings. The van der Waals surface area contributed by atoms with Crippen LogP contribution in [0.3, 0.4) is 0 Å². The first-order valence-corrected chi connectivity index (χ1v) is 6.34. The largest absolute Gasteiger partial charge is 0.351 e. The quantitative estimate of drug-likeness (QED) is 0.477. The molecule has 0 radical (unpaired) electrons. The number of allylic oxidation sites excluding steroid dienone is 1. The Morgan fingerprint density at radius 1 is 1.24 bits per heavy atom. The van der Waals surface area contributed by atoms with Crippen LogP contribution in [0.5, 0.6) is 0 Å². The highest BCUT2D eigenvalue weighted by Gasteiger charge is 2.05. The number of hydrogen-bond acceptors (Lipinski definition) is 1. The third kappa shape index (κ3) is 2.85. The number of nitrogens with zero attached hydrogens (tertiary/aromatic N) is 1. The van der Waals surface area contributed by atoms with E-state index in [1.54, 1.807) is 6.08 Å². The maximum Gasteiger partial charge on any atom is 0.186 e. The third-order valence-corrected chi connectivity index (χ3v) is 3.47. The van der Waals surface area contributed by atoms with Crippen LogP contribution in [0, 0.1) is 3.57 Å². The van der Waals surface area contributed by atoms with Crippen molar-refractivity contribution in [3.63, 3.8) is 0 Å². The zero-order valence-electron chi connectivity index (χ0n) is 9.43. The predicted molar refractivity (Wildman–Crippen MR) is 77.9 cm³/mol. The van der Waals surface area contributed by atoms with Gasteiger partial charge >= 0.3 is 0 Å². The van der Waals surface area contributed by atoms with Crippen molar-refractivity contribution in [2.24, 2.45) is 7.05 Å². The van der Waals surface area contributed by atoms with Crippen LogP contribution >= 0.6 is 22.6 Å². The third-order valence-electron chi connectivity index (χ3n) is 2.53. The van der Waals surface area contributed by atoms with Crippen molar-refractivity contribution in [2.75, 3.05) is 0 Å². The van der Waals surface area contributed by atoms with Crippen LogP contribution in [0.1, 0.15) is 16.1 Å². The van der Waals surface area contributed by atoms with Crippen molar-refractivity contribution in [2.45, 2.75) is 0 Å². The van der Waals surface area contributed by atoms with E-state index < -0.39 is 0 Å². The highest BCUT2D eigenvalue weighted by Crippen LogP contribution is 2.13. The van der Waals surface area contributed by atoms with Crippen LogP contribution in [0.2, 0.25) is 0 Å². The van der Waals surface area contributed by atoms with Gasteiger partial charge in [-0.3, -0.25) is 4.79 Å². The van der Waals surface area contributed by atoms with Crippen molar-refractivity contribution in [3.05, 3.63) is 63.5 Å². The first kappa shape index (κ1) is 12.1. The molecule has 0 amide bonds. The summed E-state index contributed by atoms with van der Waals surface area (Å²) in [6, 6.07) is 11.5. The topological polar surface area (TPSA) is 22.0 Å². The van der Waals surface area contributed by atoms with Crippen molar-refractivity contribution in [1.29, 1.82) is 0 Å². The van der Waals surface area contributed by atoms with Crippen molar-refractivity contribution in [1.82, 2.24) is 4.57 Å². The molecule has 0 atom stereocenters. The van der Waals surface area contributed by atoms with Gasteiger partial charge in [0.1, 0.15) is 0 Å². The minimum atomic E-state index is 0.0381. The molecule has 17 heavy (non-hydrogen) atoms. The summed E-state index contributed by atoms with van der Waals surface area (Å²) >= 11 is 2.18. The van der Waals surface area contributed by atoms with E-state index in [1.807, 2.05) is 60.3 Å². The number of rotatable bonds is 3. The summed E-state index contributed by atoms with van der Waals surface area (Å²) in [6.07, 6.45) is 5.41. The number of carbonyl (C=O) groups excluding carboxylic acids is 1. The Morgan fingerprint density at radius 2 is 2.00 bits per heavy atom. The van der Waals surface area contributed by atoms with Crippen LogP contribution in [0.15, 0.2) is 48.7 Å². The lowest BCUT2D eigenvalue weighted by Gasteiger charge is -1.99. The first-order chi connectivity index (χ1) is 8.18. The Hall–Kier alpha value is -1.36. The standard InChI is InChI=1S/C14H12INO/c1-16-10-4-5-11(16)8-9-14(17)12-6-2-3-7-13(12)15/h2-10H,1H3/b9-8+. The van der Waals surface area contributed by atoms with E-state index in [0.717, 1.165) is 14.8 Å². The first-order valence-electron chi connectivity index (χ1n) is 5.27. The lowest BCUT2D eigenvalue weighted by Crippen LogP contribution is -1.97. The van der Waals surface area contributed by atoms with Gasteiger partial charge < -0.3 is 4.57 Å². The fourth-order valence-corrected chi connectivity index (χ4v) is 2.21. The molecule has 2 nitrogen and oxygen atoms in total. The van der Waals surface area contributed by atoms with Gasteiger partial charge in [-0.15, -0.1) is 0 Å². The van der Waals surface area contributed by atoms with Gasteiger partial charge in [0.05, 0.1) is 0 Å². The molecule has 0 N–H and O–H groups in total. The Morgan fingerprint density at radius 3 is 2.65 bits per heavy atom. The normalized spacial score (nSPS) is 10.9. The van der Waals surface area contributed by atoms with E-state index in [4.69, 9.17) is 0 Å². The summed E-state index contributed by atoms with van der Waals surface area (Å²) in [6.45, 7) is 0. The molecule has 0 bridgehead atoms. The predicted octanol–water partition coefficient (Wildman–Crippen LogP) is 3.53. The monoisotopic (exact) mass is 337 g/mol. The maximum absolute atomic E-state index is 12.0. The minimum Gasteiger partial charge on any atom is -0.351 e. The Kier molecular flexibility index (Phi) is 3.78. The molecule has 1 heterocycles. The van der Waals surface area contributed by atoms with Crippen LogP contribution in [-0.2, 0) is 7.05 Å². The van der Waals surface area contributed by atoms with Gasteiger partial charge in [-0.2, -0.15) is 0 Å². The summed E-state index contributed by atoms with van der Waals surface area (Å²) < 4.78 is 2.95. The van der Waals surface area contributed by atoms with Gasteiger partial charge in [-0.05, 0) is 59.0 Å².